The van der Waals surface area contributed by atoms with Crippen LogP contribution in [-0.2, 0) is 6.42 Å². The van der Waals surface area contributed by atoms with E-state index in [9.17, 15) is 0 Å². The molecule has 0 unspecified atom stereocenters. The highest BCUT2D eigenvalue weighted by Crippen LogP contribution is 2.25. The fourth-order valence-electron chi connectivity index (χ4n) is 1.44. The number of nitrogens with zero attached hydrogens (tertiary/aromatic N) is 2. The number of hydrogen-bond acceptors (Lipinski definition) is 2. The normalized spacial score (nSPS) is 10.9. The Morgan fingerprint density at radius 2 is 1.92 bits per heavy atom. The van der Waals surface area contributed by atoms with Gasteiger partial charge in [0.15, 0.2) is 0 Å². The molecule has 0 N–H and O–H groups in total. The standard InChI is InChI=1S/C10H15BrN2/c1-5-8-9(6(2)3)10(11)13-7(4)12-8/h6H,5H2,1-4H3. The number of hydrogen-bond donors (Lipinski definition) is 0. The fourth-order valence-corrected chi connectivity index (χ4v) is 2.39. The lowest BCUT2D eigenvalue weighted by atomic mass is 10.0. The van der Waals surface area contributed by atoms with E-state index in [1.54, 1.807) is 0 Å². The maximum atomic E-state index is 4.43. The molecule has 0 aromatic carbocycles. The molecule has 13 heavy (non-hydrogen) atoms. The molecule has 2 nitrogen and oxygen atoms in total. The number of rotatable bonds is 2. The zero-order valence-corrected chi connectivity index (χ0v) is 10.1. The molecule has 1 rings (SSSR count). The molecule has 0 amide bonds. The minimum absolute atomic E-state index is 0.477. The molecule has 0 aliphatic rings. The quantitative estimate of drug-likeness (QED) is 0.745. The van der Waals surface area contributed by atoms with Crippen LogP contribution >= 0.6 is 15.9 Å². The third-order valence-electron chi connectivity index (χ3n) is 2.00. The molecule has 72 valence electrons. The summed E-state index contributed by atoms with van der Waals surface area (Å²) in [4.78, 5) is 8.74. The van der Waals surface area contributed by atoms with Crippen molar-refractivity contribution in [2.45, 2.75) is 40.0 Å². The smallest absolute Gasteiger partial charge is 0.126 e. The molecule has 0 saturated carbocycles. The van der Waals surface area contributed by atoms with Crippen LogP contribution in [0.3, 0.4) is 0 Å². The Morgan fingerprint density at radius 1 is 1.31 bits per heavy atom. The molecule has 0 aliphatic heterocycles. The summed E-state index contributed by atoms with van der Waals surface area (Å²) in [6, 6.07) is 0. The molecule has 0 spiro atoms. The van der Waals surface area contributed by atoms with Gasteiger partial charge in [-0.05, 0) is 35.2 Å². The maximum Gasteiger partial charge on any atom is 0.126 e. The Labute approximate surface area is 87.9 Å². The van der Waals surface area contributed by atoms with Gasteiger partial charge in [-0.3, -0.25) is 0 Å². The van der Waals surface area contributed by atoms with Crippen LogP contribution in [0.5, 0.6) is 0 Å². The Hall–Kier alpha value is -0.440. The highest BCUT2D eigenvalue weighted by Gasteiger charge is 2.12. The lowest BCUT2D eigenvalue weighted by Crippen LogP contribution is -2.04. The zero-order valence-electron chi connectivity index (χ0n) is 8.56. The Kier molecular flexibility index (Phi) is 3.42. The van der Waals surface area contributed by atoms with E-state index in [2.05, 4.69) is 46.7 Å². The van der Waals surface area contributed by atoms with Crippen molar-refractivity contribution in [3.63, 3.8) is 0 Å². The summed E-state index contributed by atoms with van der Waals surface area (Å²) in [5, 5.41) is 0. The van der Waals surface area contributed by atoms with Gasteiger partial charge < -0.3 is 0 Å². The first kappa shape index (κ1) is 10.6. The van der Waals surface area contributed by atoms with Crippen molar-refractivity contribution in [2.24, 2.45) is 0 Å². The Balaban J connectivity index is 3.30. The summed E-state index contributed by atoms with van der Waals surface area (Å²) < 4.78 is 0.951. The largest absolute Gasteiger partial charge is 0.238 e. The van der Waals surface area contributed by atoms with E-state index in [1.807, 2.05) is 6.92 Å². The summed E-state index contributed by atoms with van der Waals surface area (Å²) in [6.07, 6.45) is 0.968. The van der Waals surface area contributed by atoms with Gasteiger partial charge in [-0.1, -0.05) is 20.8 Å². The predicted molar refractivity (Wildman–Crippen MR) is 57.9 cm³/mol. The van der Waals surface area contributed by atoms with Gasteiger partial charge in [-0.15, -0.1) is 0 Å². The molecular weight excluding hydrogens is 228 g/mol. The molecule has 1 aromatic heterocycles. The Bertz CT molecular complexity index is 308. The van der Waals surface area contributed by atoms with Gasteiger partial charge in [-0.25, -0.2) is 9.97 Å². The number of aromatic nitrogens is 2. The molecule has 0 saturated heterocycles. The second-order valence-corrected chi connectivity index (χ2v) is 4.18. The van der Waals surface area contributed by atoms with Crippen LogP contribution in [-0.4, -0.2) is 9.97 Å². The van der Waals surface area contributed by atoms with Crippen molar-refractivity contribution in [3.05, 3.63) is 21.7 Å². The first-order chi connectivity index (χ1) is 6.06. The van der Waals surface area contributed by atoms with E-state index in [0.29, 0.717) is 5.92 Å². The van der Waals surface area contributed by atoms with Crippen LogP contribution in [0.25, 0.3) is 0 Å². The van der Waals surface area contributed by atoms with Crippen molar-refractivity contribution < 1.29 is 0 Å². The topological polar surface area (TPSA) is 25.8 Å². The third kappa shape index (κ3) is 2.27. The second kappa shape index (κ2) is 4.18. The SMILES string of the molecule is CCc1nc(C)nc(Br)c1C(C)C. The molecule has 1 heterocycles. The van der Waals surface area contributed by atoms with Gasteiger partial charge in [0.1, 0.15) is 10.4 Å². The van der Waals surface area contributed by atoms with Crippen LogP contribution < -0.4 is 0 Å². The zero-order chi connectivity index (χ0) is 10.0. The minimum Gasteiger partial charge on any atom is -0.238 e. The summed E-state index contributed by atoms with van der Waals surface area (Å²) >= 11 is 3.49. The lowest BCUT2D eigenvalue weighted by Gasteiger charge is -2.12. The maximum absolute atomic E-state index is 4.43. The molecule has 0 radical (unpaired) electrons. The average molecular weight is 243 g/mol. The van der Waals surface area contributed by atoms with Gasteiger partial charge in [-0.2, -0.15) is 0 Å². The molecule has 1 aromatic rings. The summed E-state index contributed by atoms with van der Waals surface area (Å²) in [6.45, 7) is 8.38. The average Bonchev–Trinajstić information content (AvgIpc) is 2.01. The van der Waals surface area contributed by atoms with Crippen molar-refractivity contribution in [1.82, 2.24) is 9.97 Å². The third-order valence-corrected chi connectivity index (χ3v) is 2.61. The van der Waals surface area contributed by atoms with E-state index in [0.717, 1.165) is 22.5 Å². The highest BCUT2D eigenvalue weighted by atomic mass is 79.9. The van der Waals surface area contributed by atoms with E-state index >= 15 is 0 Å². The molecule has 3 heteroatoms. The van der Waals surface area contributed by atoms with Crippen molar-refractivity contribution in [3.8, 4) is 0 Å². The second-order valence-electron chi connectivity index (χ2n) is 3.43. The summed E-state index contributed by atoms with van der Waals surface area (Å²) in [7, 11) is 0. The summed E-state index contributed by atoms with van der Waals surface area (Å²) in [5.74, 6) is 1.32. The molecule has 0 aliphatic carbocycles. The van der Waals surface area contributed by atoms with Gasteiger partial charge in [0.25, 0.3) is 0 Å². The van der Waals surface area contributed by atoms with Gasteiger partial charge in [0.2, 0.25) is 0 Å². The van der Waals surface area contributed by atoms with E-state index in [1.165, 1.54) is 5.56 Å². The monoisotopic (exact) mass is 242 g/mol. The first-order valence-electron chi connectivity index (χ1n) is 4.59. The highest BCUT2D eigenvalue weighted by molar-refractivity contribution is 9.10. The molecule has 0 bridgehead atoms. The van der Waals surface area contributed by atoms with Crippen LogP contribution in [0.4, 0.5) is 0 Å². The van der Waals surface area contributed by atoms with Crippen molar-refractivity contribution in [1.29, 1.82) is 0 Å². The molecule has 0 fully saturated rings. The van der Waals surface area contributed by atoms with Crippen LogP contribution in [0.2, 0.25) is 0 Å². The van der Waals surface area contributed by atoms with E-state index in [-0.39, 0.29) is 0 Å². The van der Waals surface area contributed by atoms with Gasteiger partial charge in [0, 0.05) is 11.3 Å². The first-order valence-corrected chi connectivity index (χ1v) is 5.38. The van der Waals surface area contributed by atoms with Crippen LogP contribution in [0.1, 0.15) is 43.8 Å². The van der Waals surface area contributed by atoms with E-state index < -0.39 is 0 Å². The number of halogens is 1. The van der Waals surface area contributed by atoms with Crippen LogP contribution in [0, 0.1) is 6.92 Å². The lowest BCUT2D eigenvalue weighted by molar-refractivity contribution is 0.788. The van der Waals surface area contributed by atoms with Gasteiger partial charge in [0.05, 0.1) is 0 Å². The van der Waals surface area contributed by atoms with Gasteiger partial charge >= 0.3 is 0 Å². The predicted octanol–water partition coefficient (Wildman–Crippen LogP) is 3.23. The molecule has 0 atom stereocenters. The van der Waals surface area contributed by atoms with Crippen molar-refractivity contribution >= 4 is 15.9 Å². The molecular formula is C10H15BrN2. The van der Waals surface area contributed by atoms with Crippen molar-refractivity contribution in [2.75, 3.05) is 0 Å². The van der Waals surface area contributed by atoms with Crippen LogP contribution in [0.15, 0.2) is 4.60 Å². The Morgan fingerprint density at radius 3 is 2.38 bits per heavy atom. The summed E-state index contributed by atoms with van der Waals surface area (Å²) in [5.41, 5.74) is 2.41. The fraction of sp³-hybridized carbons (Fsp3) is 0.600. The number of aryl methyl sites for hydroxylation is 2. The van der Waals surface area contributed by atoms with E-state index in [4.69, 9.17) is 0 Å². The minimum atomic E-state index is 0.477.